The third-order valence-electron chi connectivity index (χ3n) is 3.07. The van der Waals surface area contributed by atoms with Gasteiger partial charge in [-0.05, 0) is 60.1 Å². The number of hydrogen-bond donors (Lipinski definition) is 1. The summed E-state index contributed by atoms with van der Waals surface area (Å²) in [6.45, 7) is 1.84. The number of halogens is 2. The van der Waals surface area contributed by atoms with Crippen LogP contribution in [0.2, 0.25) is 0 Å². The molecule has 0 unspecified atom stereocenters. The Hall–Kier alpha value is -2.11. The largest absolute Gasteiger partial charge is 0.279 e. The molecule has 0 amide bonds. The second kappa shape index (κ2) is 6.98. The average molecular weight is 354 g/mol. The van der Waals surface area contributed by atoms with Gasteiger partial charge in [0.1, 0.15) is 5.40 Å². The summed E-state index contributed by atoms with van der Waals surface area (Å²) < 4.78 is 53.1. The molecule has 120 valence electrons. The van der Waals surface area contributed by atoms with Crippen molar-refractivity contribution in [2.75, 3.05) is 4.72 Å². The molecule has 2 rings (SSSR count). The minimum absolute atomic E-state index is 0.333. The number of rotatable bonds is 5. The van der Waals surface area contributed by atoms with Crippen molar-refractivity contribution in [1.29, 1.82) is 5.26 Å². The zero-order chi connectivity index (χ0) is 17.0. The molecule has 23 heavy (non-hydrogen) atoms. The lowest BCUT2D eigenvalue weighted by Crippen LogP contribution is -2.14. The fraction of sp³-hybridized carbons (Fsp3) is 0.133. The minimum Gasteiger partial charge on any atom is -0.279 e. The SMILES string of the molecule is CCc1cc(SC#N)ccc1NS(=O)(=O)c1ccc(F)c(F)c1. The molecule has 0 saturated carbocycles. The van der Waals surface area contributed by atoms with E-state index in [1.165, 1.54) is 6.07 Å². The number of nitriles is 1. The lowest BCUT2D eigenvalue weighted by molar-refractivity contribution is 0.504. The molecule has 4 nitrogen and oxygen atoms in total. The van der Waals surface area contributed by atoms with Crippen LogP contribution in [0.5, 0.6) is 0 Å². The van der Waals surface area contributed by atoms with Gasteiger partial charge in [0.15, 0.2) is 11.6 Å². The first-order valence-corrected chi connectivity index (χ1v) is 8.84. The molecule has 0 heterocycles. The molecule has 0 aliphatic rings. The van der Waals surface area contributed by atoms with Crippen LogP contribution >= 0.6 is 11.8 Å². The Balaban J connectivity index is 2.37. The predicted octanol–water partition coefficient (Wildman–Crippen LogP) is 3.90. The molecule has 0 atom stereocenters. The number of benzene rings is 2. The van der Waals surface area contributed by atoms with E-state index in [9.17, 15) is 17.2 Å². The summed E-state index contributed by atoms with van der Waals surface area (Å²) in [5.74, 6) is -2.35. The molecule has 0 radical (unpaired) electrons. The van der Waals surface area contributed by atoms with Gasteiger partial charge in [0.05, 0.1) is 10.6 Å². The molecule has 8 heteroatoms. The number of nitrogens with zero attached hydrogens (tertiary/aromatic N) is 1. The quantitative estimate of drug-likeness (QED) is 0.653. The molecule has 0 fully saturated rings. The number of hydrogen-bond acceptors (Lipinski definition) is 4. The molecule has 2 aromatic carbocycles. The van der Waals surface area contributed by atoms with Gasteiger partial charge >= 0.3 is 0 Å². The Morgan fingerprint density at radius 1 is 1.17 bits per heavy atom. The number of nitrogens with one attached hydrogen (secondary N) is 1. The highest BCUT2D eigenvalue weighted by molar-refractivity contribution is 8.03. The van der Waals surface area contributed by atoms with Gasteiger partial charge in [-0.25, -0.2) is 17.2 Å². The molecular weight excluding hydrogens is 342 g/mol. The Bertz CT molecular complexity index is 878. The van der Waals surface area contributed by atoms with E-state index < -0.39 is 21.7 Å². The van der Waals surface area contributed by atoms with Crippen LogP contribution in [-0.2, 0) is 16.4 Å². The first-order valence-electron chi connectivity index (χ1n) is 6.54. The van der Waals surface area contributed by atoms with Crippen LogP contribution in [0.1, 0.15) is 12.5 Å². The highest BCUT2D eigenvalue weighted by Gasteiger charge is 2.18. The molecule has 0 spiro atoms. The van der Waals surface area contributed by atoms with E-state index in [0.29, 0.717) is 28.6 Å². The first kappa shape index (κ1) is 17.2. The number of thioether (sulfide) groups is 1. The van der Waals surface area contributed by atoms with Crippen LogP contribution in [0.15, 0.2) is 46.2 Å². The highest BCUT2D eigenvalue weighted by atomic mass is 32.2. The molecule has 2 aromatic rings. The molecule has 0 saturated heterocycles. The normalized spacial score (nSPS) is 11.0. The van der Waals surface area contributed by atoms with E-state index >= 15 is 0 Å². The van der Waals surface area contributed by atoms with E-state index in [1.807, 2.05) is 12.3 Å². The zero-order valence-corrected chi connectivity index (χ0v) is 13.6. The molecule has 0 bridgehead atoms. The van der Waals surface area contributed by atoms with Gasteiger partial charge in [-0.1, -0.05) is 6.92 Å². The maximum atomic E-state index is 13.2. The Labute approximate surface area is 137 Å². The van der Waals surface area contributed by atoms with E-state index in [2.05, 4.69) is 4.72 Å². The fourth-order valence-corrected chi connectivity index (χ4v) is 3.48. The van der Waals surface area contributed by atoms with Crippen molar-refractivity contribution in [2.24, 2.45) is 0 Å². The maximum Gasteiger partial charge on any atom is 0.262 e. The summed E-state index contributed by atoms with van der Waals surface area (Å²) in [5, 5.41) is 10.6. The van der Waals surface area contributed by atoms with Crippen molar-refractivity contribution in [3.8, 4) is 5.40 Å². The van der Waals surface area contributed by atoms with Gasteiger partial charge in [-0.15, -0.1) is 0 Å². The van der Waals surface area contributed by atoms with Crippen molar-refractivity contribution in [1.82, 2.24) is 0 Å². The standard InChI is InChI=1S/C15H12F2N2O2S2/c1-2-10-7-11(22-9-18)3-6-15(10)19-23(20,21)12-4-5-13(16)14(17)8-12/h3-8,19H,2H2,1H3. The van der Waals surface area contributed by atoms with E-state index in [-0.39, 0.29) is 4.90 Å². The second-order valence-electron chi connectivity index (χ2n) is 4.55. The van der Waals surface area contributed by atoms with Crippen LogP contribution in [0.3, 0.4) is 0 Å². The number of thiocyanates is 1. The van der Waals surface area contributed by atoms with Gasteiger partial charge in [0.25, 0.3) is 10.0 Å². The third-order valence-corrected chi connectivity index (χ3v) is 5.01. The minimum atomic E-state index is -4.04. The van der Waals surface area contributed by atoms with Crippen LogP contribution < -0.4 is 4.72 Å². The van der Waals surface area contributed by atoms with Crippen molar-refractivity contribution < 1.29 is 17.2 Å². The molecular formula is C15H12F2N2O2S2. The molecule has 0 aliphatic heterocycles. The summed E-state index contributed by atoms with van der Waals surface area (Å²) in [4.78, 5) is 0.328. The first-order chi connectivity index (χ1) is 10.9. The third kappa shape index (κ3) is 4.00. The van der Waals surface area contributed by atoms with Gasteiger partial charge in [0.2, 0.25) is 0 Å². The van der Waals surface area contributed by atoms with Crippen LogP contribution in [0, 0.1) is 22.3 Å². The average Bonchev–Trinajstić information content (AvgIpc) is 2.51. The molecule has 0 aromatic heterocycles. The lowest BCUT2D eigenvalue weighted by atomic mass is 10.1. The lowest BCUT2D eigenvalue weighted by Gasteiger charge is -2.12. The van der Waals surface area contributed by atoms with Crippen molar-refractivity contribution >= 4 is 27.5 Å². The van der Waals surface area contributed by atoms with Crippen molar-refractivity contribution in [2.45, 2.75) is 23.1 Å². The number of aryl methyl sites for hydroxylation is 1. The number of anilines is 1. The van der Waals surface area contributed by atoms with Gasteiger partial charge in [-0.2, -0.15) is 5.26 Å². The summed E-state index contributed by atoms with van der Waals surface area (Å²) in [7, 11) is -4.04. The summed E-state index contributed by atoms with van der Waals surface area (Å²) in [5.41, 5.74) is 1.02. The van der Waals surface area contributed by atoms with Gasteiger partial charge < -0.3 is 0 Å². The van der Waals surface area contributed by atoms with Gasteiger partial charge in [-0.3, -0.25) is 4.72 Å². The topological polar surface area (TPSA) is 70.0 Å². The predicted molar refractivity (Wildman–Crippen MR) is 84.5 cm³/mol. The second-order valence-corrected chi connectivity index (χ2v) is 7.09. The van der Waals surface area contributed by atoms with Gasteiger partial charge in [0, 0.05) is 4.90 Å². The van der Waals surface area contributed by atoms with E-state index in [1.54, 1.807) is 12.1 Å². The Morgan fingerprint density at radius 3 is 2.52 bits per heavy atom. The highest BCUT2D eigenvalue weighted by Crippen LogP contribution is 2.26. The summed E-state index contributed by atoms with van der Waals surface area (Å²) >= 11 is 0.969. The van der Waals surface area contributed by atoms with Crippen molar-refractivity contribution in [3.63, 3.8) is 0 Å². The van der Waals surface area contributed by atoms with E-state index in [4.69, 9.17) is 5.26 Å². The Kier molecular flexibility index (Phi) is 5.23. The smallest absolute Gasteiger partial charge is 0.262 e. The maximum absolute atomic E-state index is 13.2. The molecule has 1 N–H and O–H groups in total. The van der Waals surface area contributed by atoms with E-state index in [0.717, 1.165) is 23.9 Å². The van der Waals surface area contributed by atoms with Crippen molar-refractivity contribution in [3.05, 3.63) is 53.6 Å². The fourth-order valence-electron chi connectivity index (χ4n) is 1.93. The van der Waals surface area contributed by atoms with Crippen LogP contribution in [-0.4, -0.2) is 8.42 Å². The summed E-state index contributed by atoms with van der Waals surface area (Å²) in [6, 6.07) is 7.23. The number of sulfonamides is 1. The zero-order valence-electron chi connectivity index (χ0n) is 12.0. The Morgan fingerprint density at radius 2 is 1.91 bits per heavy atom. The van der Waals surface area contributed by atoms with Crippen LogP contribution in [0.25, 0.3) is 0 Å². The monoisotopic (exact) mass is 354 g/mol. The summed E-state index contributed by atoms with van der Waals surface area (Å²) in [6.07, 6.45) is 0.537. The molecule has 0 aliphatic carbocycles. The van der Waals surface area contributed by atoms with Crippen LogP contribution in [0.4, 0.5) is 14.5 Å².